The van der Waals surface area contributed by atoms with Crippen LogP contribution in [0.1, 0.15) is 29.2 Å². The van der Waals surface area contributed by atoms with Gasteiger partial charge in [-0.1, -0.05) is 36.9 Å². The molecule has 0 saturated heterocycles. The summed E-state index contributed by atoms with van der Waals surface area (Å²) in [6.45, 7) is 9.89. The van der Waals surface area contributed by atoms with Gasteiger partial charge in [-0.05, 0) is 49.1 Å². The van der Waals surface area contributed by atoms with Gasteiger partial charge < -0.3 is 4.74 Å². The van der Waals surface area contributed by atoms with Crippen LogP contribution in [0.2, 0.25) is 0 Å². The van der Waals surface area contributed by atoms with Crippen LogP contribution in [-0.2, 0) is 6.61 Å². The lowest BCUT2D eigenvalue weighted by Gasteiger charge is -2.17. The lowest BCUT2D eigenvalue weighted by molar-refractivity contribution is 0.302. The van der Waals surface area contributed by atoms with E-state index in [1.807, 2.05) is 44.2 Å². The van der Waals surface area contributed by atoms with Crippen LogP contribution in [0.15, 0.2) is 43.0 Å². The predicted octanol–water partition coefficient (Wildman–Crippen LogP) is 5.05. The van der Waals surface area contributed by atoms with E-state index in [1.54, 1.807) is 6.92 Å². The van der Waals surface area contributed by atoms with E-state index in [9.17, 15) is 4.39 Å². The molecule has 0 aromatic heterocycles. The van der Waals surface area contributed by atoms with Crippen LogP contribution in [0.5, 0.6) is 5.75 Å². The third-order valence-corrected chi connectivity index (χ3v) is 3.31. The van der Waals surface area contributed by atoms with E-state index in [-0.39, 0.29) is 5.82 Å². The summed E-state index contributed by atoms with van der Waals surface area (Å²) in [5, 5.41) is 0. The Morgan fingerprint density at radius 1 is 1.20 bits per heavy atom. The zero-order valence-corrected chi connectivity index (χ0v) is 12.2. The van der Waals surface area contributed by atoms with Gasteiger partial charge in [0.15, 0.2) is 0 Å². The highest BCUT2D eigenvalue weighted by Gasteiger charge is 2.15. The van der Waals surface area contributed by atoms with Crippen molar-refractivity contribution >= 4 is 5.57 Å². The molecule has 0 heterocycles. The maximum absolute atomic E-state index is 13.8. The molecule has 0 fully saturated rings. The van der Waals surface area contributed by atoms with Gasteiger partial charge in [-0.15, -0.1) is 0 Å². The van der Waals surface area contributed by atoms with Crippen LogP contribution in [0.25, 0.3) is 5.57 Å². The molecule has 2 aromatic rings. The Kier molecular flexibility index (Phi) is 4.23. The first-order valence-corrected chi connectivity index (χ1v) is 6.63. The van der Waals surface area contributed by atoms with Crippen LogP contribution >= 0.6 is 0 Å². The second-order valence-electron chi connectivity index (χ2n) is 5.06. The number of hydrogen-bond acceptors (Lipinski definition) is 1. The monoisotopic (exact) mass is 270 g/mol. The molecule has 0 amide bonds. The fourth-order valence-electron chi connectivity index (χ4n) is 2.28. The Bertz CT molecular complexity index is 630. The molecule has 0 bridgehead atoms. The van der Waals surface area contributed by atoms with Crippen LogP contribution in [0.4, 0.5) is 4.39 Å². The minimum Gasteiger partial charge on any atom is -0.488 e. The van der Waals surface area contributed by atoms with Crippen LogP contribution in [0.3, 0.4) is 0 Å². The van der Waals surface area contributed by atoms with Gasteiger partial charge in [-0.2, -0.15) is 0 Å². The summed E-state index contributed by atoms with van der Waals surface area (Å²) >= 11 is 0. The molecular weight excluding hydrogens is 251 g/mol. The molecule has 0 atom stereocenters. The zero-order chi connectivity index (χ0) is 14.7. The first kappa shape index (κ1) is 14.3. The summed E-state index contributed by atoms with van der Waals surface area (Å²) < 4.78 is 19.8. The predicted molar refractivity (Wildman–Crippen MR) is 81.4 cm³/mol. The number of ether oxygens (including phenoxy) is 1. The molecule has 0 saturated carbocycles. The quantitative estimate of drug-likeness (QED) is 0.755. The number of benzene rings is 2. The lowest BCUT2D eigenvalue weighted by Crippen LogP contribution is -2.03. The van der Waals surface area contributed by atoms with Crippen molar-refractivity contribution in [1.29, 1.82) is 0 Å². The van der Waals surface area contributed by atoms with Crippen molar-refractivity contribution in [1.82, 2.24) is 0 Å². The maximum Gasteiger partial charge on any atom is 0.130 e. The number of rotatable bonds is 4. The van der Waals surface area contributed by atoms with Gasteiger partial charge in [0.05, 0.1) is 0 Å². The number of halogens is 1. The standard InChI is InChI=1S/C18H19FO/c1-12(2)17-14(4)16(19)10-13(3)18(17)20-11-15-8-6-5-7-9-15/h5-10H,1,11H2,2-4H3. The smallest absolute Gasteiger partial charge is 0.130 e. The van der Waals surface area contributed by atoms with Gasteiger partial charge in [-0.25, -0.2) is 4.39 Å². The average Bonchev–Trinajstić information content (AvgIpc) is 2.42. The van der Waals surface area contributed by atoms with Crippen molar-refractivity contribution in [3.05, 3.63) is 71.0 Å². The van der Waals surface area contributed by atoms with Crippen molar-refractivity contribution in [2.45, 2.75) is 27.4 Å². The zero-order valence-electron chi connectivity index (χ0n) is 12.2. The molecule has 0 aliphatic rings. The second-order valence-corrected chi connectivity index (χ2v) is 5.06. The number of hydrogen-bond donors (Lipinski definition) is 0. The number of allylic oxidation sites excluding steroid dienone is 1. The van der Waals surface area contributed by atoms with Gasteiger partial charge in [0, 0.05) is 5.56 Å². The third kappa shape index (κ3) is 2.90. The minimum atomic E-state index is -0.215. The lowest BCUT2D eigenvalue weighted by atomic mass is 9.98. The third-order valence-electron chi connectivity index (χ3n) is 3.31. The summed E-state index contributed by atoms with van der Waals surface area (Å²) in [7, 11) is 0. The summed E-state index contributed by atoms with van der Waals surface area (Å²) in [5.74, 6) is 0.507. The summed E-state index contributed by atoms with van der Waals surface area (Å²) in [6, 6.07) is 11.4. The fraction of sp³-hybridized carbons (Fsp3) is 0.222. The molecule has 2 heteroatoms. The molecule has 20 heavy (non-hydrogen) atoms. The largest absolute Gasteiger partial charge is 0.488 e. The first-order chi connectivity index (χ1) is 9.50. The molecule has 104 valence electrons. The molecule has 0 radical (unpaired) electrons. The fourth-order valence-corrected chi connectivity index (χ4v) is 2.28. The van der Waals surface area contributed by atoms with E-state index in [0.717, 1.165) is 28.0 Å². The normalized spacial score (nSPS) is 10.4. The van der Waals surface area contributed by atoms with Crippen molar-refractivity contribution in [2.24, 2.45) is 0 Å². The minimum absolute atomic E-state index is 0.215. The summed E-state index contributed by atoms with van der Waals surface area (Å²) in [5.41, 5.74) is 4.06. The van der Waals surface area contributed by atoms with Crippen molar-refractivity contribution in [3.63, 3.8) is 0 Å². The highest BCUT2D eigenvalue weighted by molar-refractivity contribution is 5.71. The highest BCUT2D eigenvalue weighted by atomic mass is 19.1. The summed E-state index contributed by atoms with van der Waals surface area (Å²) in [6.07, 6.45) is 0. The Hall–Kier alpha value is -2.09. The van der Waals surface area contributed by atoms with Gasteiger partial charge in [0.25, 0.3) is 0 Å². The van der Waals surface area contributed by atoms with E-state index in [2.05, 4.69) is 6.58 Å². The highest BCUT2D eigenvalue weighted by Crippen LogP contribution is 2.34. The molecule has 0 aliphatic heterocycles. The van der Waals surface area contributed by atoms with E-state index < -0.39 is 0 Å². The van der Waals surface area contributed by atoms with E-state index in [0.29, 0.717) is 12.2 Å². The van der Waals surface area contributed by atoms with E-state index in [4.69, 9.17) is 4.74 Å². The second kappa shape index (κ2) is 5.91. The average molecular weight is 270 g/mol. The Labute approximate surface area is 119 Å². The van der Waals surface area contributed by atoms with E-state index >= 15 is 0 Å². The Morgan fingerprint density at radius 3 is 2.45 bits per heavy atom. The Balaban J connectivity index is 2.36. The molecular formula is C18H19FO. The number of aryl methyl sites for hydroxylation is 1. The molecule has 2 aromatic carbocycles. The Morgan fingerprint density at radius 2 is 1.85 bits per heavy atom. The molecule has 0 aliphatic carbocycles. The van der Waals surface area contributed by atoms with Crippen molar-refractivity contribution < 1.29 is 9.13 Å². The topological polar surface area (TPSA) is 9.23 Å². The molecule has 1 nitrogen and oxygen atoms in total. The van der Waals surface area contributed by atoms with Gasteiger partial charge in [0.1, 0.15) is 18.2 Å². The van der Waals surface area contributed by atoms with E-state index in [1.165, 1.54) is 6.07 Å². The van der Waals surface area contributed by atoms with Gasteiger partial charge in [-0.3, -0.25) is 0 Å². The maximum atomic E-state index is 13.8. The summed E-state index contributed by atoms with van der Waals surface area (Å²) in [4.78, 5) is 0. The van der Waals surface area contributed by atoms with Crippen molar-refractivity contribution in [2.75, 3.05) is 0 Å². The van der Waals surface area contributed by atoms with Crippen LogP contribution in [-0.4, -0.2) is 0 Å². The molecule has 2 rings (SSSR count). The molecule has 0 N–H and O–H groups in total. The first-order valence-electron chi connectivity index (χ1n) is 6.63. The van der Waals surface area contributed by atoms with Crippen molar-refractivity contribution in [3.8, 4) is 5.75 Å². The SMILES string of the molecule is C=C(C)c1c(C)c(F)cc(C)c1OCc1ccccc1. The van der Waals surface area contributed by atoms with Crippen LogP contribution < -0.4 is 4.74 Å². The molecule has 0 unspecified atom stereocenters. The van der Waals surface area contributed by atoms with Gasteiger partial charge >= 0.3 is 0 Å². The van der Waals surface area contributed by atoms with Gasteiger partial charge in [0.2, 0.25) is 0 Å². The molecule has 0 spiro atoms. The van der Waals surface area contributed by atoms with Crippen LogP contribution in [0, 0.1) is 19.7 Å².